The molecule has 0 saturated heterocycles. The lowest BCUT2D eigenvalue weighted by atomic mass is 9.98. The highest BCUT2D eigenvalue weighted by atomic mass is 16.2. The highest BCUT2D eigenvalue weighted by Gasteiger charge is 2.21. The van der Waals surface area contributed by atoms with Gasteiger partial charge in [-0.15, -0.1) is 0 Å². The molecule has 0 unspecified atom stereocenters. The van der Waals surface area contributed by atoms with Crippen molar-refractivity contribution in [3.8, 4) is 11.3 Å². The minimum atomic E-state index is 0.180. The quantitative estimate of drug-likeness (QED) is 0.864. The molecule has 2 heterocycles. The molecule has 1 aromatic heterocycles. The van der Waals surface area contributed by atoms with E-state index >= 15 is 0 Å². The number of anilines is 2. The van der Waals surface area contributed by atoms with E-state index in [4.69, 9.17) is 0 Å². The molecule has 1 aliphatic heterocycles. The van der Waals surface area contributed by atoms with E-state index in [1.807, 2.05) is 32.3 Å². The van der Waals surface area contributed by atoms with Crippen molar-refractivity contribution in [1.29, 1.82) is 0 Å². The zero-order valence-electron chi connectivity index (χ0n) is 11.0. The molecule has 98 valence electrons. The highest BCUT2D eigenvalue weighted by molar-refractivity contribution is 5.96. The van der Waals surface area contributed by atoms with Crippen molar-refractivity contribution in [1.82, 2.24) is 10.2 Å². The molecule has 0 aliphatic carbocycles. The average Bonchev–Trinajstić information content (AvgIpc) is 2.91. The van der Waals surface area contributed by atoms with Crippen LogP contribution in [-0.4, -0.2) is 30.2 Å². The number of nitrogens with zero attached hydrogens (tertiary/aromatic N) is 2. The molecule has 0 radical (unpaired) electrons. The second-order valence-electron chi connectivity index (χ2n) is 4.71. The molecule has 0 spiro atoms. The standard InChI is InChI=1S/C14H16N4O/c1-15-13-8-11(16-17-13)9-3-5-12-10(7-9)4-6-14(19)18(12)2/h3,5,7-8H,4,6H2,1-2H3,(H2,15,16,17). The molecule has 1 aliphatic rings. The van der Waals surface area contributed by atoms with Crippen molar-refractivity contribution in [2.45, 2.75) is 12.8 Å². The topological polar surface area (TPSA) is 61.0 Å². The largest absolute Gasteiger partial charge is 0.372 e. The summed E-state index contributed by atoms with van der Waals surface area (Å²) >= 11 is 0. The van der Waals surface area contributed by atoms with Crippen molar-refractivity contribution in [3.05, 3.63) is 29.8 Å². The lowest BCUT2D eigenvalue weighted by Gasteiger charge is -2.26. The van der Waals surface area contributed by atoms with Gasteiger partial charge in [0.15, 0.2) is 0 Å². The molecule has 0 fully saturated rings. The van der Waals surface area contributed by atoms with Gasteiger partial charge in [-0.05, 0) is 24.1 Å². The molecular weight excluding hydrogens is 240 g/mol. The van der Waals surface area contributed by atoms with Gasteiger partial charge in [-0.3, -0.25) is 9.89 Å². The first-order valence-corrected chi connectivity index (χ1v) is 6.32. The predicted molar refractivity (Wildman–Crippen MR) is 75.3 cm³/mol. The number of nitrogens with one attached hydrogen (secondary N) is 2. The summed E-state index contributed by atoms with van der Waals surface area (Å²) in [5, 5.41) is 10.2. The molecule has 0 saturated carbocycles. The lowest BCUT2D eigenvalue weighted by Crippen LogP contribution is -2.30. The van der Waals surface area contributed by atoms with E-state index in [1.165, 1.54) is 5.56 Å². The van der Waals surface area contributed by atoms with E-state index < -0.39 is 0 Å². The molecule has 0 bridgehead atoms. The van der Waals surface area contributed by atoms with Crippen LogP contribution >= 0.6 is 0 Å². The maximum atomic E-state index is 11.7. The van der Waals surface area contributed by atoms with Crippen molar-refractivity contribution in [2.75, 3.05) is 24.3 Å². The van der Waals surface area contributed by atoms with Crippen LogP contribution in [-0.2, 0) is 11.2 Å². The maximum Gasteiger partial charge on any atom is 0.227 e. The Kier molecular flexibility index (Phi) is 2.74. The van der Waals surface area contributed by atoms with Crippen LogP contribution < -0.4 is 10.2 Å². The number of aromatic nitrogens is 2. The Labute approximate surface area is 111 Å². The lowest BCUT2D eigenvalue weighted by molar-refractivity contribution is -0.118. The van der Waals surface area contributed by atoms with Crippen LogP contribution in [0.25, 0.3) is 11.3 Å². The van der Waals surface area contributed by atoms with E-state index in [-0.39, 0.29) is 5.91 Å². The molecule has 5 nitrogen and oxygen atoms in total. The summed E-state index contributed by atoms with van der Waals surface area (Å²) in [6.07, 6.45) is 1.39. The number of carbonyl (C=O) groups excluding carboxylic acids is 1. The molecule has 1 aromatic carbocycles. The Balaban J connectivity index is 1.99. The first kappa shape index (κ1) is 11.8. The van der Waals surface area contributed by atoms with Crippen LogP contribution in [0, 0.1) is 0 Å². The molecule has 0 atom stereocenters. The summed E-state index contributed by atoms with van der Waals surface area (Å²) in [6, 6.07) is 8.12. The van der Waals surface area contributed by atoms with Crippen LogP contribution in [0.15, 0.2) is 24.3 Å². The number of rotatable bonds is 2. The highest BCUT2D eigenvalue weighted by Crippen LogP contribution is 2.31. The van der Waals surface area contributed by atoms with E-state index in [2.05, 4.69) is 21.6 Å². The summed E-state index contributed by atoms with van der Waals surface area (Å²) < 4.78 is 0. The molecule has 2 N–H and O–H groups in total. The second-order valence-corrected chi connectivity index (χ2v) is 4.71. The van der Waals surface area contributed by atoms with Crippen molar-refractivity contribution in [3.63, 3.8) is 0 Å². The monoisotopic (exact) mass is 256 g/mol. The third-order valence-corrected chi connectivity index (χ3v) is 3.57. The van der Waals surface area contributed by atoms with Gasteiger partial charge in [0.25, 0.3) is 0 Å². The van der Waals surface area contributed by atoms with Gasteiger partial charge in [0.05, 0.1) is 5.69 Å². The van der Waals surface area contributed by atoms with Crippen LogP contribution in [0.2, 0.25) is 0 Å². The molecule has 19 heavy (non-hydrogen) atoms. The first-order chi connectivity index (χ1) is 9.19. The Morgan fingerprint density at radius 3 is 2.89 bits per heavy atom. The number of aromatic amines is 1. The fraction of sp³-hybridized carbons (Fsp3) is 0.286. The molecular formula is C14H16N4O. The minimum absolute atomic E-state index is 0.180. The van der Waals surface area contributed by atoms with Crippen LogP contribution in [0.4, 0.5) is 11.5 Å². The van der Waals surface area contributed by atoms with Gasteiger partial charge in [-0.1, -0.05) is 6.07 Å². The van der Waals surface area contributed by atoms with Gasteiger partial charge in [0.1, 0.15) is 5.82 Å². The number of fused-ring (bicyclic) bond motifs is 1. The zero-order valence-corrected chi connectivity index (χ0v) is 11.0. The normalized spacial score (nSPS) is 14.4. The number of carbonyl (C=O) groups is 1. The van der Waals surface area contributed by atoms with Crippen molar-refractivity contribution < 1.29 is 4.79 Å². The number of hydrogen-bond acceptors (Lipinski definition) is 3. The SMILES string of the molecule is CNc1cc(-c2ccc3c(c2)CCC(=O)N3C)[nH]n1. The Bertz CT molecular complexity index is 632. The summed E-state index contributed by atoms with van der Waals surface area (Å²) in [4.78, 5) is 13.4. The van der Waals surface area contributed by atoms with Crippen molar-refractivity contribution >= 4 is 17.4 Å². The second kappa shape index (κ2) is 4.42. The van der Waals surface area contributed by atoms with E-state index in [9.17, 15) is 4.79 Å². The fourth-order valence-electron chi connectivity index (χ4n) is 2.42. The number of aryl methyl sites for hydroxylation is 1. The van der Waals surface area contributed by atoms with Gasteiger partial charge in [0, 0.05) is 37.8 Å². The summed E-state index contributed by atoms with van der Waals surface area (Å²) in [5.74, 6) is 0.999. The van der Waals surface area contributed by atoms with E-state index in [0.29, 0.717) is 6.42 Å². The van der Waals surface area contributed by atoms with Gasteiger partial charge >= 0.3 is 0 Å². The fourth-order valence-corrected chi connectivity index (χ4v) is 2.42. The maximum absolute atomic E-state index is 11.7. The number of amides is 1. The summed E-state index contributed by atoms with van der Waals surface area (Å²) in [6.45, 7) is 0. The Hall–Kier alpha value is -2.30. The number of benzene rings is 1. The predicted octanol–water partition coefficient (Wildman–Crippen LogP) is 2.03. The van der Waals surface area contributed by atoms with Crippen molar-refractivity contribution in [2.24, 2.45) is 0 Å². The number of H-pyrrole nitrogens is 1. The minimum Gasteiger partial charge on any atom is -0.372 e. The first-order valence-electron chi connectivity index (χ1n) is 6.32. The molecule has 2 aromatic rings. The van der Waals surface area contributed by atoms with E-state index in [0.717, 1.165) is 29.2 Å². The van der Waals surface area contributed by atoms with Gasteiger partial charge in [-0.2, -0.15) is 5.10 Å². The summed E-state index contributed by atoms with van der Waals surface area (Å²) in [7, 11) is 3.67. The van der Waals surface area contributed by atoms with Crippen LogP contribution in [0.3, 0.4) is 0 Å². The third kappa shape index (κ3) is 1.97. The molecule has 1 amide bonds. The number of hydrogen-bond donors (Lipinski definition) is 2. The van der Waals surface area contributed by atoms with Crippen LogP contribution in [0.1, 0.15) is 12.0 Å². The molecule has 3 rings (SSSR count). The van der Waals surface area contributed by atoms with Gasteiger partial charge < -0.3 is 10.2 Å². The Morgan fingerprint density at radius 2 is 2.16 bits per heavy atom. The molecule has 5 heteroatoms. The smallest absolute Gasteiger partial charge is 0.227 e. The summed E-state index contributed by atoms with van der Waals surface area (Å²) in [5.41, 5.74) is 4.29. The van der Waals surface area contributed by atoms with Gasteiger partial charge in [-0.25, -0.2) is 0 Å². The zero-order chi connectivity index (χ0) is 13.4. The third-order valence-electron chi connectivity index (χ3n) is 3.57. The van der Waals surface area contributed by atoms with E-state index in [1.54, 1.807) is 4.90 Å². The average molecular weight is 256 g/mol. The van der Waals surface area contributed by atoms with Gasteiger partial charge in [0.2, 0.25) is 5.91 Å². The van der Waals surface area contributed by atoms with Crippen LogP contribution in [0.5, 0.6) is 0 Å². The Morgan fingerprint density at radius 1 is 1.32 bits per heavy atom.